The molecule has 0 saturated carbocycles. The Bertz CT molecular complexity index is 934. The van der Waals surface area contributed by atoms with Crippen LogP contribution in [0, 0.1) is 11.3 Å². The van der Waals surface area contributed by atoms with Gasteiger partial charge in [-0.2, -0.15) is 5.26 Å². The lowest BCUT2D eigenvalue weighted by Crippen LogP contribution is -2.67. The van der Waals surface area contributed by atoms with Crippen LogP contribution in [0.1, 0.15) is 43.2 Å². The van der Waals surface area contributed by atoms with Gasteiger partial charge in [-0.15, -0.1) is 0 Å². The fourth-order valence-electron chi connectivity index (χ4n) is 5.06. The number of nitriles is 1. The maximum atomic E-state index is 12.4. The summed E-state index contributed by atoms with van der Waals surface area (Å²) >= 11 is 0. The molecular weight excluding hydrogens is 374 g/mol. The highest BCUT2D eigenvalue weighted by Gasteiger charge is 2.49. The van der Waals surface area contributed by atoms with E-state index in [-0.39, 0.29) is 30.5 Å². The highest BCUT2D eigenvalue weighted by molar-refractivity contribution is 5.76. The predicted molar refractivity (Wildman–Crippen MR) is 117 cm³/mol. The summed E-state index contributed by atoms with van der Waals surface area (Å²) in [4.78, 5) is 16.8. The zero-order valence-corrected chi connectivity index (χ0v) is 17.5. The summed E-state index contributed by atoms with van der Waals surface area (Å²) < 4.78 is 0. The van der Waals surface area contributed by atoms with Crippen molar-refractivity contribution in [1.29, 1.82) is 5.26 Å². The third-order valence-corrected chi connectivity index (χ3v) is 6.65. The number of nitrogens with zero attached hydrogens (tertiary/aromatic N) is 3. The number of hydrogen-bond acceptors (Lipinski definition) is 4. The third kappa shape index (κ3) is 3.86. The second kappa shape index (κ2) is 8.99. The Hall–Kier alpha value is -2.68. The summed E-state index contributed by atoms with van der Waals surface area (Å²) in [6.45, 7) is 4.61. The average Bonchev–Trinajstić information content (AvgIpc) is 2.78. The first kappa shape index (κ1) is 20.6. The van der Waals surface area contributed by atoms with E-state index in [2.05, 4.69) is 35.2 Å². The second-order valence-corrected chi connectivity index (χ2v) is 8.30. The van der Waals surface area contributed by atoms with Gasteiger partial charge in [0.15, 0.2) is 0 Å². The molecule has 156 valence electrons. The summed E-state index contributed by atoms with van der Waals surface area (Å²) in [6.07, 6.45) is 2.62. The zero-order valence-electron chi connectivity index (χ0n) is 17.5. The fourth-order valence-corrected chi connectivity index (χ4v) is 5.06. The van der Waals surface area contributed by atoms with Gasteiger partial charge >= 0.3 is 0 Å². The molecule has 0 aliphatic carbocycles. The number of hydrogen-bond donors (Lipinski definition) is 1. The van der Waals surface area contributed by atoms with Crippen molar-refractivity contribution < 1.29 is 9.90 Å². The Morgan fingerprint density at radius 3 is 2.60 bits per heavy atom. The van der Waals surface area contributed by atoms with E-state index >= 15 is 0 Å². The molecule has 1 amide bonds. The van der Waals surface area contributed by atoms with Crippen LogP contribution in [0.15, 0.2) is 48.5 Å². The number of aliphatic hydroxyl groups excluding tert-OH is 1. The maximum absolute atomic E-state index is 12.4. The monoisotopic (exact) mass is 403 g/mol. The molecule has 0 bridgehead atoms. The number of benzene rings is 2. The Morgan fingerprint density at radius 2 is 1.90 bits per heavy atom. The van der Waals surface area contributed by atoms with Gasteiger partial charge in [-0.1, -0.05) is 43.3 Å². The molecule has 2 aromatic carbocycles. The van der Waals surface area contributed by atoms with E-state index in [0.29, 0.717) is 12.0 Å². The first-order valence-electron chi connectivity index (χ1n) is 10.9. The van der Waals surface area contributed by atoms with E-state index in [1.54, 1.807) is 0 Å². The predicted octanol–water partition coefficient (Wildman–Crippen LogP) is 3.39. The molecule has 1 N–H and O–H groups in total. The van der Waals surface area contributed by atoms with Crippen molar-refractivity contribution in [2.75, 3.05) is 26.2 Å². The lowest BCUT2D eigenvalue weighted by atomic mass is 9.74. The Balaban J connectivity index is 1.58. The van der Waals surface area contributed by atoms with E-state index in [4.69, 9.17) is 5.26 Å². The maximum Gasteiger partial charge on any atom is 0.222 e. The van der Waals surface area contributed by atoms with Crippen molar-refractivity contribution in [3.8, 4) is 17.2 Å². The molecule has 2 heterocycles. The molecule has 5 heteroatoms. The number of fused-ring (bicyclic) bond motifs is 1. The second-order valence-electron chi connectivity index (χ2n) is 8.30. The summed E-state index contributed by atoms with van der Waals surface area (Å²) in [5, 5.41) is 19.2. The molecule has 2 aromatic rings. The van der Waals surface area contributed by atoms with Crippen LogP contribution >= 0.6 is 0 Å². The number of carbonyl (C=O) groups excluding carboxylic acids is 1. The summed E-state index contributed by atoms with van der Waals surface area (Å²) in [6, 6.07) is 18.7. The molecule has 0 unspecified atom stereocenters. The highest BCUT2D eigenvalue weighted by atomic mass is 16.3. The van der Waals surface area contributed by atoms with E-state index in [1.807, 2.05) is 36.1 Å². The van der Waals surface area contributed by atoms with Crippen molar-refractivity contribution >= 4 is 5.91 Å². The summed E-state index contributed by atoms with van der Waals surface area (Å²) in [5.41, 5.74) is 3.97. The lowest BCUT2D eigenvalue weighted by molar-refractivity contribution is -0.136. The number of carbonyl (C=O) groups is 1. The molecular formula is C25H29N3O2. The molecule has 0 aromatic heterocycles. The molecule has 4 rings (SSSR count). The molecule has 2 aliphatic rings. The van der Waals surface area contributed by atoms with Gasteiger partial charge in [-0.05, 0) is 48.2 Å². The highest BCUT2D eigenvalue weighted by Crippen LogP contribution is 2.42. The smallest absolute Gasteiger partial charge is 0.222 e. The first-order valence-corrected chi connectivity index (χ1v) is 10.9. The Labute approximate surface area is 178 Å². The number of rotatable bonds is 4. The van der Waals surface area contributed by atoms with Gasteiger partial charge in [0.25, 0.3) is 0 Å². The van der Waals surface area contributed by atoms with Gasteiger partial charge < -0.3 is 10.0 Å². The van der Waals surface area contributed by atoms with Crippen LogP contribution < -0.4 is 0 Å². The molecule has 0 spiro atoms. The SMILES string of the molecule is CCC(=O)N1CCCCN2[C@H](C1)[C@H](c1ccc(-c3cccc(C#N)c3)cc1)[C@@H]2CO. The van der Waals surface area contributed by atoms with Gasteiger partial charge in [0.1, 0.15) is 0 Å². The summed E-state index contributed by atoms with van der Waals surface area (Å²) in [5.74, 6) is 0.440. The molecule has 0 radical (unpaired) electrons. The van der Waals surface area contributed by atoms with E-state index < -0.39 is 0 Å². The molecule has 30 heavy (non-hydrogen) atoms. The quantitative estimate of drug-likeness (QED) is 0.850. The molecule has 2 fully saturated rings. The number of aliphatic hydroxyl groups is 1. The van der Waals surface area contributed by atoms with Crippen LogP contribution in [0.25, 0.3) is 11.1 Å². The minimum Gasteiger partial charge on any atom is -0.395 e. The van der Waals surface area contributed by atoms with Crippen LogP contribution in [0.3, 0.4) is 0 Å². The van der Waals surface area contributed by atoms with Crippen molar-refractivity contribution in [3.63, 3.8) is 0 Å². The van der Waals surface area contributed by atoms with Crippen molar-refractivity contribution in [2.45, 2.75) is 44.2 Å². The van der Waals surface area contributed by atoms with E-state index in [1.165, 1.54) is 5.56 Å². The molecule has 2 aliphatic heterocycles. The Kier molecular flexibility index (Phi) is 6.17. The van der Waals surface area contributed by atoms with Crippen LogP contribution in [-0.4, -0.2) is 59.1 Å². The molecule has 5 nitrogen and oxygen atoms in total. The van der Waals surface area contributed by atoms with Gasteiger partial charge in [-0.3, -0.25) is 9.69 Å². The van der Waals surface area contributed by atoms with Crippen molar-refractivity contribution in [2.24, 2.45) is 0 Å². The van der Waals surface area contributed by atoms with Crippen LogP contribution in [0.2, 0.25) is 0 Å². The Morgan fingerprint density at radius 1 is 1.13 bits per heavy atom. The average molecular weight is 404 g/mol. The van der Waals surface area contributed by atoms with E-state index in [0.717, 1.165) is 43.6 Å². The third-order valence-electron chi connectivity index (χ3n) is 6.65. The lowest BCUT2D eigenvalue weighted by Gasteiger charge is -2.57. The standard InChI is InChI=1S/C25H29N3O2/c1-2-24(30)27-12-3-4-13-28-22(16-27)25(23(28)17-29)20-10-8-19(9-11-20)21-7-5-6-18(14-21)15-26/h5-11,14,22-23,25,29H,2-4,12-13,16-17H2,1H3/t22-,23+,25+/m1/s1. The van der Waals surface area contributed by atoms with Crippen molar-refractivity contribution in [3.05, 3.63) is 59.7 Å². The fraction of sp³-hybridized carbons (Fsp3) is 0.440. The van der Waals surface area contributed by atoms with Gasteiger partial charge in [0, 0.05) is 37.5 Å². The normalized spacial score (nSPS) is 24.2. The largest absolute Gasteiger partial charge is 0.395 e. The van der Waals surface area contributed by atoms with Gasteiger partial charge in [0.05, 0.1) is 18.2 Å². The number of amides is 1. The van der Waals surface area contributed by atoms with Crippen molar-refractivity contribution in [1.82, 2.24) is 9.80 Å². The molecule has 3 atom stereocenters. The van der Waals surface area contributed by atoms with Gasteiger partial charge in [0.2, 0.25) is 5.91 Å². The minimum atomic E-state index is 0.111. The first-order chi connectivity index (χ1) is 14.7. The topological polar surface area (TPSA) is 67.6 Å². The van der Waals surface area contributed by atoms with Crippen LogP contribution in [0.5, 0.6) is 0 Å². The minimum absolute atomic E-state index is 0.111. The van der Waals surface area contributed by atoms with Crippen LogP contribution in [0.4, 0.5) is 0 Å². The van der Waals surface area contributed by atoms with Crippen LogP contribution in [-0.2, 0) is 4.79 Å². The van der Waals surface area contributed by atoms with E-state index in [9.17, 15) is 9.90 Å². The zero-order chi connectivity index (χ0) is 21.1. The summed E-state index contributed by atoms with van der Waals surface area (Å²) in [7, 11) is 0. The van der Waals surface area contributed by atoms with Gasteiger partial charge in [-0.25, -0.2) is 0 Å². The molecule has 2 saturated heterocycles.